The number of anilines is 2. The fraction of sp³-hybridized carbons (Fsp3) is 0.400. The van der Waals surface area contributed by atoms with Crippen LogP contribution in [0.15, 0.2) is 41.2 Å². The van der Waals surface area contributed by atoms with Crippen molar-refractivity contribution in [3.05, 3.63) is 58.4 Å². The Morgan fingerprint density at radius 3 is 2.71 bits per heavy atom. The number of benzene rings is 1. The Morgan fingerprint density at radius 1 is 1.18 bits per heavy atom. The molecule has 1 aliphatic rings. The van der Waals surface area contributed by atoms with E-state index in [1.165, 1.54) is 0 Å². The predicted molar refractivity (Wildman–Crippen MR) is 109 cm³/mol. The van der Waals surface area contributed by atoms with Gasteiger partial charge in [-0.3, -0.25) is 0 Å². The first kappa shape index (κ1) is 18.2. The third-order valence-electron chi connectivity index (χ3n) is 5.05. The van der Waals surface area contributed by atoms with Gasteiger partial charge >= 0.3 is 5.69 Å². The van der Waals surface area contributed by atoms with E-state index in [1.54, 1.807) is 4.57 Å². The van der Waals surface area contributed by atoms with E-state index in [4.69, 9.17) is 4.98 Å². The predicted octanol–water partition coefficient (Wildman–Crippen LogP) is 2.11. The van der Waals surface area contributed by atoms with Crippen LogP contribution in [0.1, 0.15) is 30.3 Å². The number of nitrogens with zero attached hydrogens (tertiary/aromatic N) is 6. The first-order valence-electron chi connectivity index (χ1n) is 9.53. The van der Waals surface area contributed by atoms with Gasteiger partial charge in [-0.05, 0) is 31.9 Å². The van der Waals surface area contributed by atoms with Gasteiger partial charge in [0.25, 0.3) is 0 Å². The molecule has 0 spiro atoms. The van der Waals surface area contributed by atoms with Crippen LogP contribution < -0.4 is 15.5 Å². The van der Waals surface area contributed by atoms with Crippen LogP contribution in [0.2, 0.25) is 0 Å². The highest BCUT2D eigenvalue weighted by Crippen LogP contribution is 2.29. The van der Waals surface area contributed by atoms with Crippen LogP contribution in [0, 0.1) is 6.92 Å². The lowest BCUT2D eigenvalue weighted by Gasteiger charge is -2.33. The number of aryl methyl sites for hydroxylation is 1. The Morgan fingerprint density at radius 2 is 1.96 bits per heavy atom. The molecule has 2 aromatic heterocycles. The zero-order valence-corrected chi connectivity index (χ0v) is 16.5. The van der Waals surface area contributed by atoms with Gasteiger partial charge in [0.15, 0.2) is 0 Å². The van der Waals surface area contributed by atoms with Crippen molar-refractivity contribution in [2.24, 2.45) is 0 Å². The second kappa shape index (κ2) is 7.46. The van der Waals surface area contributed by atoms with Crippen LogP contribution in [-0.4, -0.2) is 51.9 Å². The Kier molecular flexibility index (Phi) is 4.85. The summed E-state index contributed by atoms with van der Waals surface area (Å²) in [4.78, 5) is 25.8. The van der Waals surface area contributed by atoms with Crippen molar-refractivity contribution >= 4 is 11.8 Å². The Bertz CT molecular complexity index is 1010. The molecule has 0 bridgehead atoms. The summed E-state index contributed by atoms with van der Waals surface area (Å²) >= 11 is 0. The van der Waals surface area contributed by atoms with E-state index in [0.29, 0.717) is 5.95 Å². The van der Waals surface area contributed by atoms with Gasteiger partial charge in [-0.2, -0.15) is 10.1 Å². The molecule has 0 saturated carbocycles. The van der Waals surface area contributed by atoms with E-state index < -0.39 is 0 Å². The van der Waals surface area contributed by atoms with Crippen molar-refractivity contribution in [2.75, 3.05) is 37.0 Å². The summed E-state index contributed by atoms with van der Waals surface area (Å²) < 4.78 is 1.69. The third kappa shape index (κ3) is 3.49. The zero-order valence-electron chi connectivity index (χ0n) is 16.5. The average molecular weight is 379 g/mol. The molecule has 1 unspecified atom stereocenters. The van der Waals surface area contributed by atoms with Crippen molar-refractivity contribution in [1.29, 1.82) is 0 Å². The normalized spacial score (nSPS) is 17.0. The molecule has 0 radical (unpaired) electrons. The number of aromatic amines is 1. The van der Waals surface area contributed by atoms with Gasteiger partial charge in [0, 0.05) is 44.9 Å². The molecule has 3 heterocycles. The SMILES string of the molecule is Cc1cc(N2CCCC(c3n[nH]c(=O)n3-c3ccccc3)C2)nc(N(C)C)n1. The molecule has 1 atom stereocenters. The quantitative estimate of drug-likeness (QED) is 0.748. The molecule has 8 nitrogen and oxygen atoms in total. The average Bonchev–Trinajstić information content (AvgIpc) is 3.09. The van der Waals surface area contributed by atoms with E-state index in [1.807, 2.05) is 62.3 Å². The van der Waals surface area contributed by atoms with Crippen LogP contribution >= 0.6 is 0 Å². The number of aromatic nitrogens is 5. The lowest BCUT2D eigenvalue weighted by atomic mass is 9.97. The topological polar surface area (TPSA) is 82.9 Å². The molecule has 0 amide bonds. The summed E-state index contributed by atoms with van der Waals surface area (Å²) in [5.74, 6) is 2.55. The third-order valence-corrected chi connectivity index (χ3v) is 5.05. The number of hydrogen-bond donors (Lipinski definition) is 1. The van der Waals surface area contributed by atoms with E-state index in [0.717, 1.165) is 49.0 Å². The standard InChI is InChI=1S/C20H25N7O/c1-14-12-17(22-19(21-14)25(2)3)26-11-7-8-15(13-26)18-23-24-20(28)27(18)16-9-5-4-6-10-16/h4-6,9-10,12,15H,7-8,11,13H2,1-3H3,(H,24,28). The van der Waals surface area contributed by atoms with E-state index >= 15 is 0 Å². The lowest BCUT2D eigenvalue weighted by Crippen LogP contribution is -2.36. The van der Waals surface area contributed by atoms with Gasteiger partial charge in [0.1, 0.15) is 11.6 Å². The Labute approximate surface area is 163 Å². The summed E-state index contributed by atoms with van der Waals surface area (Å²) in [5, 5.41) is 6.99. The highest BCUT2D eigenvalue weighted by molar-refractivity contribution is 5.46. The minimum absolute atomic E-state index is 0.144. The van der Waals surface area contributed by atoms with Gasteiger partial charge in [0.2, 0.25) is 5.95 Å². The zero-order chi connectivity index (χ0) is 19.7. The maximum absolute atomic E-state index is 12.4. The Hall–Kier alpha value is -3.16. The number of hydrogen-bond acceptors (Lipinski definition) is 6. The molecule has 146 valence electrons. The lowest BCUT2D eigenvalue weighted by molar-refractivity contribution is 0.482. The van der Waals surface area contributed by atoms with E-state index in [9.17, 15) is 4.79 Å². The molecule has 1 N–H and O–H groups in total. The maximum atomic E-state index is 12.4. The van der Waals surface area contributed by atoms with Crippen LogP contribution in [-0.2, 0) is 0 Å². The summed E-state index contributed by atoms with van der Waals surface area (Å²) in [6.45, 7) is 3.68. The van der Waals surface area contributed by atoms with Crippen LogP contribution in [0.4, 0.5) is 11.8 Å². The summed E-state index contributed by atoms with van der Waals surface area (Å²) in [6, 6.07) is 11.7. The van der Waals surface area contributed by atoms with Crippen molar-refractivity contribution < 1.29 is 0 Å². The van der Waals surface area contributed by atoms with Gasteiger partial charge in [0.05, 0.1) is 5.69 Å². The van der Waals surface area contributed by atoms with Gasteiger partial charge in [-0.25, -0.2) is 19.4 Å². The van der Waals surface area contributed by atoms with Crippen molar-refractivity contribution in [2.45, 2.75) is 25.7 Å². The maximum Gasteiger partial charge on any atom is 0.347 e. The van der Waals surface area contributed by atoms with Crippen molar-refractivity contribution in [3.8, 4) is 5.69 Å². The van der Waals surface area contributed by atoms with E-state index in [-0.39, 0.29) is 11.6 Å². The molecule has 1 fully saturated rings. The Balaban J connectivity index is 1.65. The monoisotopic (exact) mass is 379 g/mol. The molecule has 1 saturated heterocycles. The molecule has 8 heteroatoms. The molecule has 28 heavy (non-hydrogen) atoms. The summed E-state index contributed by atoms with van der Waals surface area (Å²) in [5.41, 5.74) is 1.57. The van der Waals surface area contributed by atoms with Gasteiger partial charge in [-0.15, -0.1) is 0 Å². The smallest absolute Gasteiger partial charge is 0.347 e. The van der Waals surface area contributed by atoms with Crippen molar-refractivity contribution in [3.63, 3.8) is 0 Å². The molecular formula is C20H25N7O. The van der Waals surface area contributed by atoms with Crippen LogP contribution in [0.5, 0.6) is 0 Å². The minimum Gasteiger partial charge on any atom is -0.356 e. The fourth-order valence-corrected chi connectivity index (χ4v) is 3.70. The molecule has 1 aliphatic heterocycles. The van der Waals surface area contributed by atoms with Gasteiger partial charge in [-0.1, -0.05) is 18.2 Å². The molecule has 0 aliphatic carbocycles. The summed E-state index contributed by atoms with van der Waals surface area (Å²) in [6.07, 6.45) is 2.00. The number of piperidine rings is 1. The minimum atomic E-state index is -0.203. The van der Waals surface area contributed by atoms with Crippen LogP contribution in [0.3, 0.4) is 0 Å². The second-order valence-electron chi connectivity index (χ2n) is 7.41. The van der Waals surface area contributed by atoms with Crippen LogP contribution in [0.25, 0.3) is 5.69 Å². The largest absolute Gasteiger partial charge is 0.356 e. The number of para-hydroxylation sites is 1. The number of nitrogens with one attached hydrogen (secondary N) is 1. The number of rotatable bonds is 4. The van der Waals surface area contributed by atoms with E-state index in [2.05, 4.69) is 20.1 Å². The molecule has 4 rings (SSSR count). The molecular weight excluding hydrogens is 354 g/mol. The molecule has 1 aromatic carbocycles. The number of H-pyrrole nitrogens is 1. The van der Waals surface area contributed by atoms with Gasteiger partial charge < -0.3 is 9.80 Å². The first-order chi connectivity index (χ1) is 13.5. The second-order valence-corrected chi connectivity index (χ2v) is 7.41. The first-order valence-corrected chi connectivity index (χ1v) is 9.53. The van der Waals surface area contributed by atoms with Crippen molar-refractivity contribution in [1.82, 2.24) is 24.7 Å². The fourth-order valence-electron chi connectivity index (χ4n) is 3.70. The highest BCUT2D eigenvalue weighted by atomic mass is 16.1. The molecule has 3 aromatic rings. The highest BCUT2D eigenvalue weighted by Gasteiger charge is 2.28. The summed E-state index contributed by atoms with van der Waals surface area (Å²) in [7, 11) is 3.89.